The van der Waals surface area contributed by atoms with Crippen LogP contribution in [0.2, 0.25) is 0 Å². The average Bonchev–Trinajstić information content (AvgIpc) is 2.50. The molecule has 0 spiro atoms. The highest BCUT2D eigenvalue weighted by atomic mass is 16.5. The summed E-state index contributed by atoms with van der Waals surface area (Å²) < 4.78 is 21.5. The molecule has 3 atom stereocenters. The first-order valence-corrected chi connectivity index (χ1v) is 6.48. The second kappa shape index (κ2) is 5.94. The Morgan fingerprint density at radius 1 is 1.25 bits per heavy atom. The summed E-state index contributed by atoms with van der Waals surface area (Å²) in [6.45, 7) is 3.62. The molecule has 0 aromatic heterocycles. The first-order valence-electron chi connectivity index (χ1n) is 7.56. The zero-order chi connectivity index (χ0) is 16.5. The number of hydrogen-bond donors (Lipinski definition) is 2. The van der Waals surface area contributed by atoms with E-state index in [1.54, 1.807) is 24.3 Å². The Morgan fingerprint density at radius 2 is 1.90 bits per heavy atom. The van der Waals surface area contributed by atoms with Crippen LogP contribution in [0.1, 0.15) is 22.2 Å². The van der Waals surface area contributed by atoms with Gasteiger partial charge >= 0.3 is 0 Å². The van der Waals surface area contributed by atoms with Crippen molar-refractivity contribution in [1.82, 2.24) is 10.6 Å². The van der Waals surface area contributed by atoms with E-state index in [2.05, 4.69) is 10.6 Å². The Labute approximate surface area is 121 Å². The number of rotatable bonds is 4. The summed E-state index contributed by atoms with van der Waals surface area (Å²) in [5, 5.41) is 4.94. The molecule has 0 radical (unpaired) electrons. The van der Waals surface area contributed by atoms with Gasteiger partial charge in [0.2, 0.25) is 11.8 Å². The average molecular weight is 278 g/mol. The topological polar surface area (TPSA) is 67.4 Å². The molecule has 0 unspecified atom stereocenters. The molecule has 5 nitrogen and oxygen atoms in total. The smallest absolute Gasteiger partial charge is 0.243 e. The highest BCUT2D eigenvalue weighted by Crippen LogP contribution is 2.14. The molecule has 108 valence electrons. The molecule has 1 aliphatic heterocycles. The summed E-state index contributed by atoms with van der Waals surface area (Å²) >= 11 is 0. The first-order chi connectivity index (χ1) is 10.3. The van der Waals surface area contributed by atoms with Crippen molar-refractivity contribution >= 4 is 11.8 Å². The van der Waals surface area contributed by atoms with Crippen molar-refractivity contribution in [2.75, 3.05) is 7.11 Å². The number of ether oxygens (including phenoxy) is 1. The van der Waals surface area contributed by atoms with Crippen LogP contribution in [0.3, 0.4) is 0 Å². The lowest BCUT2D eigenvalue weighted by Gasteiger charge is -2.31. The van der Waals surface area contributed by atoms with Crippen molar-refractivity contribution in [2.24, 2.45) is 5.92 Å². The summed E-state index contributed by atoms with van der Waals surface area (Å²) in [6, 6.07) is 3.81. The van der Waals surface area contributed by atoms with Gasteiger partial charge in [-0.3, -0.25) is 9.59 Å². The second-order valence-electron chi connectivity index (χ2n) is 5.02. The lowest BCUT2D eigenvalue weighted by Crippen LogP contribution is -2.63. The molecule has 0 aliphatic carbocycles. The zero-order valence-electron chi connectivity index (χ0n) is 13.8. The Kier molecular flexibility index (Phi) is 3.49. The van der Waals surface area contributed by atoms with Crippen molar-refractivity contribution in [2.45, 2.75) is 32.3 Å². The fourth-order valence-electron chi connectivity index (χ4n) is 1.99. The maximum atomic E-state index is 12.3. The summed E-state index contributed by atoms with van der Waals surface area (Å²) in [4.78, 5) is 24.3. The van der Waals surface area contributed by atoms with Gasteiger partial charge in [0, 0.05) is 7.77 Å². The molecule has 0 saturated carbocycles. The molecule has 1 saturated heterocycles. The van der Waals surface area contributed by atoms with E-state index in [4.69, 9.17) is 7.48 Å². The molecule has 1 fully saturated rings. The van der Waals surface area contributed by atoms with Crippen LogP contribution in [0.4, 0.5) is 0 Å². The van der Waals surface area contributed by atoms with Gasteiger partial charge in [-0.05, 0) is 23.6 Å². The van der Waals surface area contributed by atoms with Gasteiger partial charge in [0.15, 0.2) is 0 Å². The molecule has 1 aliphatic rings. The molecule has 2 N–H and O–H groups in total. The number of carbonyl (C=O) groups is 2. The molecule has 1 aromatic rings. The lowest BCUT2D eigenvalue weighted by molar-refractivity contribution is -0.137. The molecule has 2 amide bonds. The van der Waals surface area contributed by atoms with E-state index in [1.165, 1.54) is 7.11 Å². The van der Waals surface area contributed by atoms with Gasteiger partial charge in [-0.15, -0.1) is 0 Å². The molecule has 20 heavy (non-hydrogen) atoms. The lowest BCUT2D eigenvalue weighted by atomic mass is 9.97. The van der Waals surface area contributed by atoms with Gasteiger partial charge in [-0.25, -0.2) is 0 Å². The van der Waals surface area contributed by atoms with E-state index >= 15 is 0 Å². The normalized spacial score (nSPS) is 29.1. The van der Waals surface area contributed by atoms with Crippen LogP contribution in [0, 0.1) is 5.92 Å². The molecule has 1 heterocycles. The van der Waals surface area contributed by atoms with Crippen LogP contribution in [0.15, 0.2) is 24.3 Å². The van der Waals surface area contributed by atoms with E-state index in [0.29, 0.717) is 11.3 Å². The van der Waals surface area contributed by atoms with Gasteiger partial charge in [-0.1, -0.05) is 26.0 Å². The van der Waals surface area contributed by atoms with E-state index in [0.717, 1.165) is 0 Å². The quantitative estimate of drug-likeness (QED) is 0.859. The highest BCUT2D eigenvalue weighted by molar-refractivity contribution is 5.97. The van der Waals surface area contributed by atoms with E-state index in [9.17, 15) is 9.59 Å². The number of carbonyl (C=O) groups excluding carboxylic acids is 2. The zero-order valence-corrected chi connectivity index (χ0v) is 11.8. The van der Waals surface area contributed by atoms with Crippen molar-refractivity contribution in [3.63, 3.8) is 0 Å². The molecule has 1 aromatic carbocycles. The number of benzene rings is 1. The van der Waals surface area contributed by atoms with Crippen molar-refractivity contribution in [1.29, 1.82) is 0 Å². The minimum Gasteiger partial charge on any atom is -0.497 e. The monoisotopic (exact) mass is 278 g/mol. The summed E-state index contributed by atoms with van der Waals surface area (Å²) in [6.07, 6.45) is -1.24. The maximum Gasteiger partial charge on any atom is 0.243 e. The molecular formula is C15H20N2O3. The molecule has 0 bridgehead atoms. The Morgan fingerprint density at radius 3 is 2.45 bits per heavy atom. The highest BCUT2D eigenvalue weighted by Gasteiger charge is 2.34. The summed E-state index contributed by atoms with van der Waals surface area (Å²) in [5.74, 6) is -0.567. The van der Waals surface area contributed by atoms with Crippen LogP contribution in [0.5, 0.6) is 5.75 Å². The SMILES string of the molecule is [2H][C@@H](c1ccc(OC)cc1)[C@]1([2H])NC(=O)[C@H](C(C)C)NC1=O. The van der Waals surface area contributed by atoms with Crippen LogP contribution in [-0.2, 0) is 16.0 Å². The largest absolute Gasteiger partial charge is 0.497 e. The predicted octanol–water partition coefficient (Wildman–Crippen LogP) is 0.877. The third kappa shape index (κ3) is 3.10. The third-order valence-electron chi connectivity index (χ3n) is 3.17. The molecule has 2 rings (SSSR count). The van der Waals surface area contributed by atoms with Gasteiger partial charge in [-0.2, -0.15) is 0 Å². The van der Waals surface area contributed by atoms with Gasteiger partial charge in [0.25, 0.3) is 0 Å². The van der Waals surface area contributed by atoms with Crippen LogP contribution in [0.25, 0.3) is 0 Å². The van der Waals surface area contributed by atoms with Crippen LogP contribution >= 0.6 is 0 Å². The maximum absolute atomic E-state index is 12.3. The number of nitrogens with one attached hydrogen (secondary N) is 2. The Bertz CT molecular complexity index is 577. The van der Waals surface area contributed by atoms with Gasteiger partial charge in [0.1, 0.15) is 17.8 Å². The van der Waals surface area contributed by atoms with E-state index in [-0.39, 0.29) is 5.92 Å². The first kappa shape index (κ1) is 11.8. The second-order valence-corrected chi connectivity index (χ2v) is 5.02. The minimum absolute atomic E-state index is 0.0846. The fraction of sp³-hybridized carbons (Fsp3) is 0.467. The molecule has 5 heteroatoms. The van der Waals surface area contributed by atoms with E-state index in [1.807, 2.05) is 13.8 Å². The van der Waals surface area contributed by atoms with Crippen molar-refractivity contribution < 1.29 is 17.1 Å². The summed E-state index contributed by atoms with van der Waals surface area (Å²) in [7, 11) is 1.53. The van der Waals surface area contributed by atoms with Crippen molar-refractivity contribution in [3.05, 3.63) is 29.8 Å². The third-order valence-corrected chi connectivity index (χ3v) is 3.17. The minimum atomic E-state index is -2.04. The fourth-order valence-corrected chi connectivity index (χ4v) is 1.99. The predicted molar refractivity (Wildman–Crippen MR) is 75.4 cm³/mol. The van der Waals surface area contributed by atoms with Gasteiger partial charge in [0.05, 0.1) is 8.48 Å². The number of methoxy groups -OCH3 is 1. The standard InChI is InChI=1S/C15H20N2O3/c1-9(2)13-15(19)16-12(14(18)17-13)8-10-4-6-11(20-3)7-5-10/h4-7,9,12-13H,8H2,1-3H3,(H,16,19)(H,17,18)/t12-,13-/m0/s1/i8D,12D/t8-,12-,13-. The Hall–Kier alpha value is -2.04. The van der Waals surface area contributed by atoms with E-state index < -0.39 is 30.3 Å². The Balaban J connectivity index is 2.25. The number of amides is 2. The summed E-state index contributed by atoms with van der Waals surface area (Å²) in [5.41, 5.74) is 0.453. The number of hydrogen-bond acceptors (Lipinski definition) is 3. The van der Waals surface area contributed by atoms with Gasteiger partial charge < -0.3 is 15.4 Å². The molecular weight excluding hydrogens is 256 g/mol. The van der Waals surface area contributed by atoms with Crippen molar-refractivity contribution in [3.8, 4) is 5.75 Å². The van der Waals surface area contributed by atoms with Crippen LogP contribution < -0.4 is 15.4 Å². The van der Waals surface area contributed by atoms with Crippen LogP contribution in [-0.4, -0.2) is 31.0 Å². The number of piperazine rings is 1.